The topological polar surface area (TPSA) is 108 Å². The average molecular weight is 399 g/mol. The molecule has 0 aliphatic rings. The van der Waals surface area contributed by atoms with Crippen LogP contribution in [0.1, 0.15) is 36.0 Å². The highest BCUT2D eigenvalue weighted by Gasteiger charge is 2.20. The lowest BCUT2D eigenvalue weighted by atomic mass is 10.0. The number of H-pyrrole nitrogens is 1. The Morgan fingerprint density at radius 1 is 0.867 bits per heavy atom. The molecule has 2 atom stereocenters. The number of carbonyl (C=O) groups excluding carboxylic acids is 1. The predicted octanol–water partition coefficient (Wildman–Crippen LogP) is 3.41. The van der Waals surface area contributed by atoms with Crippen LogP contribution in [-0.2, 0) is 0 Å². The van der Waals surface area contributed by atoms with Gasteiger partial charge in [-0.3, -0.25) is 5.10 Å². The van der Waals surface area contributed by atoms with Crippen molar-refractivity contribution in [3.05, 3.63) is 96.6 Å². The molecule has 0 spiro atoms. The molecule has 0 bridgehead atoms. The van der Waals surface area contributed by atoms with Crippen molar-refractivity contribution < 1.29 is 4.79 Å². The van der Waals surface area contributed by atoms with Gasteiger partial charge in [-0.15, -0.1) is 0 Å². The van der Waals surface area contributed by atoms with E-state index in [4.69, 9.17) is 0 Å². The van der Waals surface area contributed by atoms with Crippen molar-refractivity contribution in [2.45, 2.75) is 19.0 Å². The van der Waals surface area contributed by atoms with E-state index in [1.54, 1.807) is 12.4 Å². The van der Waals surface area contributed by atoms with Crippen LogP contribution < -0.4 is 10.6 Å². The fourth-order valence-electron chi connectivity index (χ4n) is 3.17. The molecular weight excluding hydrogens is 378 g/mol. The molecule has 0 saturated carbocycles. The lowest BCUT2D eigenvalue weighted by Crippen LogP contribution is -2.40. The Labute approximate surface area is 173 Å². The number of hydrogen-bond donors (Lipinski definition) is 3. The maximum absolute atomic E-state index is 12.7. The molecule has 0 aliphatic heterocycles. The molecule has 4 rings (SSSR count). The zero-order chi connectivity index (χ0) is 20.8. The molecule has 0 aliphatic carbocycles. The summed E-state index contributed by atoms with van der Waals surface area (Å²) in [6.07, 6.45) is 6.46. The predicted molar refractivity (Wildman–Crippen MR) is 112 cm³/mol. The van der Waals surface area contributed by atoms with E-state index in [0.717, 1.165) is 22.3 Å². The van der Waals surface area contributed by atoms with Crippen molar-refractivity contribution in [2.75, 3.05) is 0 Å². The fourth-order valence-corrected chi connectivity index (χ4v) is 3.17. The van der Waals surface area contributed by atoms with E-state index in [2.05, 4.69) is 35.8 Å². The number of rotatable bonds is 6. The molecule has 2 heterocycles. The summed E-state index contributed by atoms with van der Waals surface area (Å²) in [6, 6.07) is 16.7. The Kier molecular flexibility index (Phi) is 5.75. The van der Waals surface area contributed by atoms with Gasteiger partial charge in [0.2, 0.25) is 0 Å². The molecule has 0 fully saturated rings. The zero-order valence-corrected chi connectivity index (χ0v) is 16.4. The summed E-state index contributed by atoms with van der Waals surface area (Å²) >= 11 is 0. The normalized spacial score (nSPS) is 12.7. The minimum Gasteiger partial charge on any atom is -0.332 e. The van der Waals surface area contributed by atoms with Crippen LogP contribution in [0.25, 0.3) is 11.1 Å². The minimum atomic E-state index is -0.429. The first kappa shape index (κ1) is 19.3. The van der Waals surface area contributed by atoms with Crippen molar-refractivity contribution in [3.63, 3.8) is 0 Å². The van der Waals surface area contributed by atoms with Crippen LogP contribution in [0.2, 0.25) is 0 Å². The second-order valence-electron chi connectivity index (χ2n) is 6.80. The third-order valence-electron chi connectivity index (χ3n) is 4.77. The van der Waals surface area contributed by atoms with Gasteiger partial charge in [0.1, 0.15) is 18.7 Å². The standard InChI is InChI=1S/C22H21N7O/c1-15(16-7-9-17(10-8-16)19-11-23-13-24-12-19)27-22(30)28-20(21-25-14-26-29-21)18-5-3-2-4-6-18/h2-15,20H,1H3,(H,25,26,29)(H2,27,28,30). The third kappa shape index (κ3) is 4.49. The summed E-state index contributed by atoms with van der Waals surface area (Å²) in [4.78, 5) is 25.0. The van der Waals surface area contributed by atoms with Crippen LogP contribution in [0.15, 0.2) is 79.6 Å². The zero-order valence-electron chi connectivity index (χ0n) is 16.4. The number of amides is 2. The van der Waals surface area contributed by atoms with E-state index in [0.29, 0.717) is 5.82 Å². The van der Waals surface area contributed by atoms with Gasteiger partial charge in [-0.05, 0) is 23.6 Å². The molecular formula is C22H21N7O. The van der Waals surface area contributed by atoms with Crippen LogP contribution in [0.4, 0.5) is 4.79 Å². The van der Waals surface area contributed by atoms with Gasteiger partial charge in [-0.25, -0.2) is 19.7 Å². The van der Waals surface area contributed by atoms with Gasteiger partial charge in [0, 0.05) is 18.0 Å². The number of carbonyl (C=O) groups is 1. The van der Waals surface area contributed by atoms with E-state index in [1.807, 2.05) is 61.5 Å². The molecule has 150 valence electrons. The molecule has 8 nitrogen and oxygen atoms in total. The van der Waals surface area contributed by atoms with E-state index in [1.165, 1.54) is 12.7 Å². The van der Waals surface area contributed by atoms with Crippen molar-refractivity contribution in [1.82, 2.24) is 35.8 Å². The van der Waals surface area contributed by atoms with Crippen molar-refractivity contribution in [2.24, 2.45) is 0 Å². The Morgan fingerprint density at radius 2 is 1.60 bits per heavy atom. The molecule has 0 radical (unpaired) electrons. The van der Waals surface area contributed by atoms with Crippen LogP contribution in [0.3, 0.4) is 0 Å². The second kappa shape index (κ2) is 8.95. The van der Waals surface area contributed by atoms with Crippen LogP contribution in [-0.4, -0.2) is 31.2 Å². The lowest BCUT2D eigenvalue weighted by molar-refractivity contribution is 0.235. The van der Waals surface area contributed by atoms with E-state index >= 15 is 0 Å². The Hall–Kier alpha value is -4.07. The van der Waals surface area contributed by atoms with Gasteiger partial charge in [0.05, 0.1) is 6.04 Å². The van der Waals surface area contributed by atoms with Crippen LogP contribution in [0.5, 0.6) is 0 Å². The summed E-state index contributed by atoms with van der Waals surface area (Å²) in [6.45, 7) is 1.94. The van der Waals surface area contributed by atoms with E-state index in [9.17, 15) is 4.79 Å². The first-order valence-electron chi connectivity index (χ1n) is 9.53. The molecule has 2 aromatic heterocycles. The molecule has 30 heavy (non-hydrogen) atoms. The van der Waals surface area contributed by atoms with Gasteiger partial charge >= 0.3 is 6.03 Å². The summed E-state index contributed by atoms with van der Waals surface area (Å²) in [7, 11) is 0. The smallest absolute Gasteiger partial charge is 0.316 e. The quantitative estimate of drug-likeness (QED) is 0.460. The summed E-state index contributed by atoms with van der Waals surface area (Å²) in [5, 5.41) is 12.7. The highest BCUT2D eigenvalue weighted by Crippen LogP contribution is 2.21. The van der Waals surface area contributed by atoms with Crippen LogP contribution >= 0.6 is 0 Å². The van der Waals surface area contributed by atoms with Crippen molar-refractivity contribution in [1.29, 1.82) is 0 Å². The molecule has 0 saturated heterocycles. The third-order valence-corrected chi connectivity index (χ3v) is 4.77. The number of benzene rings is 2. The maximum Gasteiger partial charge on any atom is 0.316 e. The number of nitrogens with one attached hydrogen (secondary N) is 3. The van der Waals surface area contributed by atoms with Crippen molar-refractivity contribution >= 4 is 6.03 Å². The second-order valence-corrected chi connectivity index (χ2v) is 6.80. The summed E-state index contributed by atoms with van der Waals surface area (Å²) in [5.74, 6) is 0.568. The SMILES string of the molecule is CC(NC(=O)NC(c1ccccc1)c1ncn[nH]1)c1ccc(-c2cncnc2)cc1. The fraction of sp³-hybridized carbons (Fsp3) is 0.136. The average Bonchev–Trinajstić information content (AvgIpc) is 3.33. The maximum atomic E-state index is 12.7. The number of nitrogens with zero attached hydrogens (tertiary/aromatic N) is 4. The number of urea groups is 1. The molecule has 2 unspecified atom stereocenters. The van der Waals surface area contributed by atoms with Gasteiger partial charge in [0.15, 0.2) is 5.82 Å². The van der Waals surface area contributed by atoms with Gasteiger partial charge in [-0.2, -0.15) is 5.10 Å². The van der Waals surface area contributed by atoms with Crippen molar-refractivity contribution in [3.8, 4) is 11.1 Å². The monoisotopic (exact) mass is 399 g/mol. The Bertz CT molecular complexity index is 1070. The minimum absolute atomic E-state index is 0.183. The number of aromatic amines is 1. The van der Waals surface area contributed by atoms with E-state index in [-0.39, 0.29) is 12.1 Å². The molecule has 3 N–H and O–H groups in total. The van der Waals surface area contributed by atoms with Gasteiger partial charge in [-0.1, -0.05) is 54.6 Å². The Morgan fingerprint density at radius 3 is 2.27 bits per heavy atom. The molecule has 4 aromatic rings. The summed E-state index contributed by atoms with van der Waals surface area (Å²) < 4.78 is 0. The Balaban J connectivity index is 1.44. The molecule has 2 amide bonds. The van der Waals surface area contributed by atoms with Crippen LogP contribution in [0, 0.1) is 0 Å². The van der Waals surface area contributed by atoms with Gasteiger partial charge < -0.3 is 10.6 Å². The van der Waals surface area contributed by atoms with Gasteiger partial charge in [0.25, 0.3) is 0 Å². The molecule has 2 aromatic carbocycles. The highest BCUT2D eigenvalue weighted by atomic mass is 16.2. The lowest BCUT2D eigenvalue weighted by Gasteiger charge is -2.20. The first-order valence-corrected chi connectivity index (χ1v) is 9.53. The summed E-state index contributed by atoms with van der Waals surface area (Å²) in [5.41, 5.74) is 3.86. The molecule has 8 heteroatoms. The number of hydrogen-bond acceptors (Lipinski definition) is 5. The number of aromatic nitrogens is 5. The highest BCUT2D eigenvalue weighted by molar-refractivity contribution is 5.75. The van der Waals surface area contributed by atoms with E-state index < -0.39 is 6.04 Å². The largest absolute Gasteiger partial charge is 0.332 e. The first-order chi connectivity index (χ1) is 14.7.